The number of halogens is 1. The smallest absolute Gasteiger partial charge is 0.231 e. The van der Waals surface area contributed by atoms with Gasteiger partial charge in [-0.1, -0.05) is 13.0 Å². The molecule has 0 aromatic heterocycles. The van der Waals surface area contributed by atoms with E-state index in [1.807, 2.05) is 12.1 Å². The number of rotatable bonds is 4. The fourth-order valence-corrected chi connectivity index (χ4v) is 4.46. The Labute approximate surface area is 161 Å². The zero-order valence-electron chi connectivity index (χ0n) is 15.4. The molecule has 3 aliphatic heterocycles. The molecule has 2 fully saturated rings. The van der Waals surface area contributed by atoms with E-state index >= 15 is 0 Å². The van der Waals surface area contributed by atoms with Crippen LogP contribution in [-0.2, 0) is 4.79 Å². The summed E-state index contributed by atoms with van der Waals surface area (Å²) in [6.07, 6.45) is 5.24. The van der Waals surface area contributed by atoms with Crippen molar-refractivity contribution in [1.29, 1.82) is 0 Å². The van der Waals surface area contributed by atoms with E-state index in [2.05, 4.69) is 23.2 Å². The van der Waals surface area contributed by atoms with Gasteiger partial charge in [-0.25, -0.2) is 0 Å². The minimum atomic E-state index is 0. The lowest BCUT2D eigenvalue weighted by atomic mass is 9.85. The topological polar surface area (TPSA) is 50.8 Å². The molecule has 0 aliphatic carbocycles. The molecule has 0 radical (unpaired) electrons. The number of ether oxygens (including phenoxy) is 2. The highest BCUT2D eigenvalue weighted by Gasteiger charge is 2.32. The van der Waals surface area contributed by atoms with Crippen molar-refractivity contribution in [2.24, 2.45) is 11.8 Å². The number of carbonyl (C=O) groups is 1. The Bertz CT molecular complexity index is 633. The summed E-state index contributed by atoms with van der Waals surface area (Å²) in [5.41, 5.74) is 1.17. The first-order chi connectivity index (χ1) is 12.2. The zero-order chi connectivity index (χ0) is 17.2. The lowest BCUT2D eigenvalue weighted by Gasteiger charge is -2.31. The Hall–Kier alpha value is -1.46. The number of nitrogens with zero attached hydrogens (tertiary/aromatic N) is 1. The Kier molecular flexibility index (Phi) is 6.30. The van der Waals surface area contributed by atoms with Gasteiger partial charge in [0.2, 0.25) is 12.7 Å². The largest absolute Gasteiger partial charge is 0.454 e. The molecule has 2 saturated heterocycles. The van der Waals surface area contributed by atoms with Crippen LogP contribution in [0.25, 0.3) is 0 Å². The van der Waals surface area contributed by atoms with Gasteiger partial charge in [0.25, 0.3) is 0 Å². The lowest BCUT2D eigenvalue weighted by molar-refractivity contribution is -0.133. The van der Waals surface area contributed by atoms with E-state index < -0.39 is 0 Å². The second-order valence-electron chi connectivity index (χ2n) is 7.65. The van der Waals surface area contributed by atoms with Crippen LogP contribution in [0.15, 0.2) is 18.2 Å². The lowest BCUT2D eigenvalue weighted by Crippen LogP contribution is -2.37. The molecule has 4 rings (SSSR count). The van der Waals surface area contributed by atoms with E-state index in [9.17, 15) is 4.79 Å². The quantitative estimate of drug-likeness (QED) is 0.868. The van der Waals surface area contributed by atoms with Crippen LogP contribution in [0.3, 0.4) is 0 Å². The molecule has 0 bridgehead atoms. The van der Waals surface area contributed by atoms with Crippen LogP contribution in [0.5, 0.6) is 11.5 Å². The molecule has 6 heteroatoms. The van der Waals surface area contributed by atoms with Gasteiger partial charge >= 0.3 is 0 Å². The summed E-state index contributed by atoms with van der Waals surface area (Å²) in [6.45, 7) is 5.57. The van der Waals surface area contributed by atoms with Gasteiger partial charge in [-0.15, -0.1) is 12.4 Å². The van der Waals surface area contributed by atoms with Crippen molar-refractivity contribution in [3.63, 3.8) is 0 Å². The molecule has 1 aromatic rings. The van der Waals surface area contributed by atoms with E-state index in [4.69, 9.17) is 9.47 Å². The molecule has 1 aromatic carbocycles. The molecule has 3 atom stereocenters. The molecule has 5 nitrogen and oxygen atoms in total. The number of hydrogen-bond acceptors (Lipinski definition) is 4. The number of amides is 1. The third-order valence-corrected chi connectivity index (χ3v) is 5.99. The van der Waals surface area contributed by atoms with Crippen LogP contribution in [0.4, 0.5) is 0 Å². The van der Waals surface area contributed by atoms with E-state index in [1.165, 1.54) is 18.4 Å². The minimum Gasteiger partial charge on any atom is -0.454 e. The summed E-state index contributed by atoms with van der Waals surface area (Å²) in [7, 11) is 0. The van der Waals surface area contributed by atoms with Crippen molar-refractivity contribution in [3.05, 3.63) is 23.8 Å². The second-order valence-corrected chi connectivity index (χ2v) is 7.65. The van der Waals surface area contributed by atoms with Gasteiger partial charge < -0.3 is 19.7 Å². The summed E-state index contributed by atoms with van der Waals surface area (Å²) >= 11 is 0. The molecule has 0 saturated carbocycles. The number of piperidine rings is 1. The Morgan fingerprint density at radius 2 is 2.12 bits per heavy atom. The van der Waals surface area contributed by atoms with E-state index in [1.54, 1.807) is 0 Å². The van der Waals surface area contributed by atoms with Crippen LogP contribution >= 0.6 is 12.4 Å². The van der Waals surface area contributed by atoms with Gasteiger partial charge in [-0.05, 0) is 68.3 Å². The first-order valence-corrected chi connectivity index (χ1v) is 9.62. The number of nitrogens with one attached hydrogen (secondary N) is 1. The number of carbonyl (C=O) groups excluding carboxylic acids is 1. The predicted molar refractivity (Wildman–Crippen MR) is 103 cm³/mol. The van der Waals surface area contributed by atoms with Gasteiger partial charge in [0.15, 0.2) is 11.5 Å². The van der Waals surface area contributed by atoms with Crippen LogP contribution in [0.1, 0.15) is 50.6 Å². The highest BCUT2D eigenvalue weighted by atomic mass is 35.5. The van der Waals surface area contributed by atoms with Gasteiger partial charge in [0.1, 0.15) is 0 Å². The molecule has 3 aliphatic rings. The maximum absolute atomic E-state index is 13.0. The van der Waals surface area contributed by atoms with E-state index in [0.717, 1.165) is 44.0 Å². The van der Waals surface area contributed by atoms with Gasteiger partial charge in [-0.3, -0.25) is 4.79 Å². The Morgan fingerprint density at radius 1 is 1.27 bits per heavy atom. The van der Waals surface area contributed by atoms with Gasteiger partial charge in [0.05, 0.1) is 6.04 Å². The highest BCUT2D eigenvalue weighted by molar-refractivity contribution is 5.85. The van der Waals surface area contributed by atoms with Crippen molar-refractivity contribution in [3.8, 4) is 11.5 Å². The molecule has 0 spiro atoms. The molecule has 1 amide bonds. The van der Waals surface area contributed by atoms with Crippen LogP contribution < -0.4 is 14.8 Å². The van der Waals surface area contributed by atoms with E-state index in [0.29, 0.717) is 31.0 Å². The molecular formula is C20H29ClN2O3. The normalized spacial score (nSPS) is 25.7. The van der Waals surface area contributed by atoms with Crippen LogP contribution in [0, 0.1) is 11.8 Å². The third kappa shape index (κ3) is 3.94. The maximum Gasteiger partial charge on any atom is 0.231 e. The monoisotopic (exact) mass is 380 g/mol. The van der Waals surface area contributed by atoms with Crippen molar-refractivity contribution in [2.45, 2.75) is 45.1 Å². The Morgan fingerprint density at radius 3 is 2.92 bits per heavy atom. The summed E-state index contributed by atoms with van der Waals surface area (Å²) in [6, 6.07) is 6.28. The molecule has 3 heterocycles. The first kappa shape index (κ1) is 19.3. The number of hydrogen-bond donors (Lipinski definition) is 1. The summed E-state index contributed by atoms with van der Waals surface area (Å²) in [4.78, 5) is 15.1. The second kappa shape index (κ2) is 8.49. The summed E-state index contributed by atoms with van der Waals surface area (Å²) < 4.78 is 10.9. The predicted octanol–water partition coefficient (Wildman–Crippen LogP) is 3.53. The number of likely N-dealkylation sites (tertiary alicyclic amines) is 1. The fourth-order valence-electron chi connectivity index (χ4n) is 4.46. The zero-order valence-corrected chi connectivity index (χ0v) is 16.2. The molecule has 144 valence electrons. The van der Waals surface area contributed by atoms with Gasteiger partial charge in [-0.2, -0.15) is 0 Å². The average Bonchev–Trinajstić information content (AvgIpc) is 3.30. The Balaban J connectivity index is 0.00000196. The van der Waals surface area contributed by atoms with Crippen LogP contribution in [0.2, 0.25) is 0 Å². The van der Waals surface area contributed by atoms with Crippen molar-refractivity contribution in [1.82, 2.24) is 10.2 Å². The van der Waals surface area contributed by atoms with Crippen molar-refractivity contribution >= 4 is 18.3 Å². The summed E-state index contributed by atoms with van der Waals surface area (Å²) in [5, 5.41) is 3.47. The third-order valence-electron chi connectivity index (χ3n) is 5.99. The number of fused-ring (bicyclic) bond motifs is 1. The molecule has 3 unspecified atom stereocenters. The van der Waals surface area contributed by atoms with Crippen molar-refractivity contribution < 1.29 is 14.3 Å². The first-order valence-electron chi connectivity index (χ1n) is 9.62. The molecule has 26 heavy (non-hydrogen) atoms. The SMILES string of the molecule is CC(CC(=O)N1CCCC1c1ccc2c(c1)OCO2)C1CCCNC1.Cl. The molecular weight excluding hydrogens is 352 g/mol. The highest BCUT2D eigenvalue weighted by Crippen LogP contribution is 2.39. The fraction of sp³-hybridized carbons (Fsp3) is 0.650. The standard InChI is InChI=1S/C20H28N2O3.ClH/c1-14(16-4-2-8-21-12-16)10-20(23)22-9-3-5-17(22)15-6-7-18-19(11-15)25-13-24-18;/h6-7,11,14,16-17,21H,2-5,8-10,12-13H2,1H3;1H. The maximum atomic E-state index is 13.0. The average molecular weight is 381 g/mol. The minimum absolute atomic E-state index is 0. The molecule has 1 N–H and O–H groups in total. The van der Waals surface area contributed by atoms with Crippen molar-refractivity contribution in [2.75, 3.05) is 26.4 Å². The van der Waals surface area contributed by atoms with Crippen LogP contribution in [-0.4, -0.2) is 37.2 Å². The summed E-state index contributed by atoms with van der Waals surface area (Å²) in [5.74, 6) is 2.98. The van der Waals surface area contributed by atoms with E-state index in [-0.39, 0.29) is 18.4 Å². The van der Waals surface area contributed by atoms with Gasteiger partial charge in [0, 0.05) is 13.0 Å². The number of benzene rings is 1.